The van der Waals surface area contributed by atoms with E-state index in [9.17, 15) is 18.5 Å². The van der Waals surface area contributed by atoms with Crippen LogP contribution in [0.15, 0.2) is 60.0 Å². The van der Waals surface area contributed by atoms with E-state index in [0.29, 0.717) is 11.3 Å². The molecule has 0 saturated heterocycles. The van der Waals surface area contributed by atoms with Crippen molar-refractivity contribution in [3.05, 3.63) is 70.8 Å². The molecule has 108 valence electrons. The van der Waals surface area contributed by atoms with Crippen molar-refractivity contribution >= 4 is 27.5 Å². The summed E-state index contributed by atoms with van der Waals surface area (Å²) in [7, 11) is -4.06. The van der Waals surface area contributed by atoms with Gasteiger partial charge >= 0.3 is 0 Å². The third-order valence-electron chi connectivity index (χ3n) is 2.78. The van der Waals surface area contributed by atoms with Gasteiger partial charge in [0, 0.05) is 6.07 Å². The van der Waals surface area contributed by atoms with Gasteiger partial charge in [0.15, 0.2) is 4.90 Å². The van der Waals surface area contributed by atoms with Crippen molar-refractivity contribution in [3.63, 3.8) is 0 Å². The Morgan fingerprint density at radius 2 is 1.71 bits per heavy atom. The van der Waals surface area contributed by atoms with Gasteiger partial charge in [0.2, 0.25) is 0 Å². The zero-order chi connectivity index (χ0) is 15.5. The highest BCUT2D eigenvalue weighted by molar-refractivity contribution is 7.92. The molecule has 0 spiro atoms. The number of hydrogen-bond donors (Lipinski definition) is 1. The summed E-state index contributed by atoms with van der Waals surface area (Å²) in [6.45, 7) is 3.60. The minimum Gasteiger partial charge on any atom is -0.279 e. The van der Waals surface area contributed by atoms with Gasteiger partial charge in [0.25, 0.3) is 15.7 Å². The fourth-order valence-electron chi connectivity index (χ4n) is 1.80. The normalized spacial score (nSPS) is 10.9. The standard InChI is InChI=1S/C14H12N2O4S/c1-2-11-7-3-4-8-12(11)15-21(19,20)14-10-6-5-9-13(14)16(17)18/h2-10,15H,1H2. The first kappa shape index (κ1) is 14.7. The van der Waals surface area contributed by atoms with Gasteiger partial charge in [0.1, 0.15) is 0 Å². The number of hydrogen-bond acceptors (Lipinski definition) is 4. The van der Waals surface area contributed by atoms with Crippen LogP contribution >= 0.6 is 0 Å². The van der Waals surface area contributed by atoms with E-state index in [1.54, 1.807) is 24.3 Å². The summed E-state index contributed by atoms with van der Waals surface area (Å²) in [6, 6.07) is 11.8. The SMILES string of the molecule is C=Cc1ccccc1NS(=O)(=O)c1ccccc1[N+](=O)[O-]. The quantitative estimate of drug-likeness (QED) is 0.679. The van der Waals surface area contributed by atoms with E-state index >= 15 is 0 Å². The van der Waals surface area contributed by atoms with Gasteiger partial charge in [0.05, 0.1) is 10.6 Å². The van der Waals surface area contributed by atoms with Crippen LogP contribution < -0.4 is 4.72 Å². The molecule has 2 aromatic rings. The molecular formula is C14H12N2O4S. The molecular weight excluding hydrogens is 292 g/mol. The lowest BCUT2D eigenvalue weighted by Crippen LogP contribution is -2.15. The summed E-state index contributed by atoms with van der Waals surface area (Å²) in [5.74, 6) is 0. The van der Waals surface area contributed by atoms with E-state index in [4.69, 9.17) is 0 Å². The first-order valence-corrected chi connectivity index (χ1v) is 7.42. The number of para-hydroxylation sites is 2. The lowest BCUT2D eigenvalue weighted by molar-refractivity contribution is -0.387. The lowest BCUT2D eigenvalue weighted by atomic mass is 10.2. The van der Waals surface area contributed by atoms with Gasteiger partial charge in [-0.25, -0.2) is 8.42 Å². The highest BCUT2D eigenvalue weighted by Crippen LogP contribution is 2.26. The number of nitro groups is 1. The molecule has 2 aromatic carbocycles. The van der Waals surface area contributed by atoms with Crippen LogP contribution in [-0.2, 0) is 10.0 Å². The summed E-state index contributed by atoms with van der Waals surface area (Å²) >= 11 is 0. The molecule has 0 heterocycles. The molecule has 0 aliphatic heterocycles. The van der Waals surface area contributed by atoms with Crippen molar-refractivity contribution in [3.8, 4) is 0 Å². The Balaban J connectivity index is 2.49. The molecule has 0 bridgehead atoms. The molecule has 1 N–H and O–H groups in total. The van der Waals surface area contributed by atoms with Gasteiger partial charge in [-0.05, 0) is 17.7 Å². The Morgan fingerprint density at radius 3 is 2.38 bits per heavy atom. The molecule has 0 radical (unpaired) electrons. The summed E-state index contributed by atoms with van der Waals surface area (Å²) in [6.07, 6.45) is 1.50. The zero-order valence-corrected chi connectivity index (χ0v) is 11.7. The summed E-state index contributed by atoms with van der Waals surface area (Å²) < 4.78 is 27.0. The molecule has 0 unspecified atom stereocenters. The van der Waals surface area contributed by atoms with E-state index in [-0.39, 0.29) is 4.90 Å². The van der Waals surface area contributed by atoms with Crippen LogP contribution in [-0.4, -0.2) is 13.3 Å². The van der Waals surface area contributed by atoms with Crippen molar-refractivity contribution in [1.82, 2.24) is 0 Å². The van der Waals surface area contributed by atoms with Gasteiger partial charge in [-0.3, -0.25) is 14.8 Å². The predicted octanol–water partition coefficient (Wildman–Crippen LogP) is 3.04. The van der Waals surface area contributed by atoms with Crippen LogP contribution in [0.5, 0.6) is 0 Å². The third kappa shape index (κ3) is 3.09. The van der Waals surface area contributed by atoms with Gasteiger partial charge in [-0.2, -0.15) is 0 Å². The molecule has 0 amide bonds. The van der Waals surface area contributed by atoms with Crippen molar-refractivity contribution in [2.24, 2.45) is 0 Å². The van der Waals surface area contributed by atoms with Crippen molar-refractivity contribution in [2.75, 3.05) is 4.72 Å². The average Bonchev–Trinajstić information content (AvgIpc) is 2.47. The highest BCUT2D eigenvalue weighted by atomic mass is 32.2. The van der Waals surface area contributed by atoms with E-state index in [1.807, 2.05) is 0 Å². The Bertz CT molecular complexity index is 800. The van der Waals surface area contributed by atoms with Crippen LogP contribution in [0.3, 0.4) is 0 Å². The highest BCUT2D eigenvalue weighted by Gasteiger charge is 2.25. The third-order valence-corrected chi connectivity index (χ3v) is 4.19. The second kappa shape index (κ2) is 5.76. The fraction of sp³-hybridized carbons (Fsp3) is 0. The number of rotatable bonds is 5. The Hall–Kier alpha value is -2.67. The van der Waals surface area contributed by atoms with Crippen LogP contribution in [0, 0.1) is 10.1 Å². The molecule has 7 heteroatoms. The van der Waals surface area contributed by atoms with E-state index in [1.165, 1.54) is 24.3 Å². The number of anilines is 1. The minimum atomic E-state index is -4.06. The first-order valence-electron chi connectivity index (χ1n) is 5.93. The Labute approximate surface area is 121 Å². The van der Waals surface area contributed by atoms with Crippen LogP contribution in [0.25, 0.3) is 6.08 Å². The zero-order valence-electron chi connectivity index (χ0n) is 10.9. The van der Waals surface area contributed by atoms with Crippen LogP contribution in [0.4, 0.5) is 11.4 Å². The second-order valence-corrected chi connectivity index (χ2v) is 5.77. The molecule has 0 aromatic heterocycles. The maximum atomic E-state index is 12.3. The summed E-state index contributed by atoms with van der Waals surface area (Å²) in [4.78, 5) is 9.83. The maximum Gasteiger partial charge on any atom is 0.289 e. The number of nitrogens with one attached hydrogen (secondary N) is 1. The Morgan fingerprint density at radius 1 is 1.10 bits per heavy atom. The summed E-state index contributed by atoms with van der Waals surface area (Å²) in [5.41, 5.74) is 0.423. The number of benzene rings is 2. The largest absolute Gasteiger partial charge is 0.289 e. The molecule has 6 nitrogen and oxygen atoms in total. The van der Waals surface area contributed by atoms with Crippen LogP contribution in [0.2, 0.25) is 0 Å². The Kier molecular flexibility index (Phi) is 4.04. The van der Waals surface area contributed by atoms with Crippen molar-refractivity contribution < 1.29 is 13.3 Å². The molecule has 0 fully saturated rings. The molecule has 2 rings (SSSR count). The van der Waals surface area contributed by atoms with E-state index < -0.39 is 20.6 Å². The molecule has 0 aliphatic rings. The molecule has 0 saturated carbocycles. The summed E-state index contributed by atoms with van der Waals surface area (Å²) in [5, 5.41) is 10.9. The van der Waals surface area contributed by atoms with Gasteiger partial charge < -0.3 is 0 Å². The van der Waals surface area contributed by atoms with E-state index in [2.05, 4.69) is 11.3 Å². The maximum absolute atomic E-state index is 12.3. The number of nitro benzene ring substituents is 1. The van der Waals surface area contributed by atoms with Crippen molar-refractivity contribution in [1.29, 1.82) is 0 Å². The monoisotopic (exact) mass is 304 g/mol. The predicted molar refractivity (Wildman–Crippen MR) is 80.4 cm³/mol. The molecule has 0 aliphatic carbocycles. The lowest BCUT2D eigenvalue weighted by Gasteiger charge is -2.10. The molecule has 21 heavy (non-hydrogen) atoms. The minimum absolute atomic E-state index is 0.311. The average molecular weight is 304 g/mol. The second-order valence-electron chi connectivity index (χ2n) is 4.12. The number of sulfonamides is 1. The smallest absolute Gasteiger partial charge is 0.279 e. The van der Waals surface area contributed by atoms with E-state index in [0.717, 1.165) is 6.07 Å². The van der Waals surface area contributed by atoms with Crippen molar-refractivity contribution in [2.45, 2.75) is 4.90 Å². The topological polar surface area (TPSA) is 89.3 Å². The molecule has 0 atom stereocenters. The first-order chi connectivity index (χ1) is 9.95. The van der Waals surface area contributed by atoms with Crippen LogP contribution in [0.1, 0.15) is 5.56 Å². The number of nitrogens with zero attached hydrogens (tertiary/aromatic N) is 1. The van der Waals surface area contributed by atoms with Gasteiger partial charge in [-0.15, -0.1) is 0 Å². The fourth-order valence-corrected chi connectivity index (χ4v) is 3.06. The van der Waals surface area contributed by atoms with Gasteiger partial charge in [-0.1, -0.05) is 43.0 Å².